The molecule has 1 aromatic heterocycles. The van der Waals surface area contributed by atoms with Crippen molar-refractivity contribution >= 4 is 17.5 Å². The number of aromatic nitrogens is 2. The van der Waals surface area contributed by atoms with Crippen LogP contribution < -0.4 is 4.74 Å². The Morgan fingerprint density at radius 1 is 1.15 bits per heavy atom. The number of benzene rings is 2. The fourth-order valence-electron chi connectivity index (χ4n) is 2.42. The van der Waals surface area contributed by atoms with E-state index in [1.54, 1.807) is 24.1 Å². The van der Waals surface area contributed by atoms with Crippen LogP contribution in [0.25, 0.3) is 11.4 Å². The number of amides is 1. The molecule has 0 radical (unpaired) electrons. The summed E-state index contributed by atoms with van der Waals surface area (Å²) in [5.74, 6) is 1.71. The molecule has 27 heavy (non-hydrogen) atoms. The lowest BCUT2D eigenvalue weighted by molar-refractivity contribution is -0.130. The maximum absolute atomic E-state index is 12.2. The van der Waals surface area contributed by atoms with E-state index in [1.165, 1.54) is 0 Å². The minimum Gasteiger partial charge on any atom is -0.492 e. The van der Waals surface area contributed by atoms with E-state index in [0.29, 0.717) is 42.7 Å². The van der Waals surface area contributed by atoms with Crippen LogP contribution in [0.15, 0.2) is 59.1 Å². The predicted molar refractivity (Wildman–Crippen MR) is 103 cm³/mol. The summed E-state index contributed by atoms with van der Waals surface area (Å²) in [6.07, 6.45) is 0.688. The van der Waals surface area contributed by atoms with Crippen LogP contribution in [0.4, 0.5) is 0 Å². The van der Waals surface area contributed by atoms with Gasteiger partial charge in [0.15, 0.2) is 0 Å². The van der Waals surface area contributed by atoms with Crippen molar-refractivity contribution in [3.63, 3.8) is 0 Å². The number of ether oxygens (including phenoxy) is 1. The number of para-hydroxylation sites is 1. The lowest BCUT2D eigenvalue weighted by Gasteiger charge is -2.17. The second-order valence-electron chi connectivity index (χ2n) is 6.00. The van der Waals surface area contributed by atoms with Crippen LogP contribution in [-0.4, -0.2) is 41.1 Å². The predicted octanol–water partition coefficient (Wildman–Crippen LogP) is 3.86. The van der Waals surface area contributed by atoms with Crippen LogP contribution in [0.3, 0.4) is 0 Å². The second-order valence-corrected chi connectivity index (χ2v) is 6.43. The van der Waals surface area contributed by atoms with Gasteiger partial charge in [-0.3, -0.25) is 4.79 Å². The normalized spacial score (nSPS) is 10.6. The third-order valence-electron chi connectivity index (χ3n) is 3.99. The minimum atomic E-state index is -0.00194. The molecule has 0 aliphatic carbocycles. The van der Waals surface area contributed by atoms with Crippen molar-refractivity contribution in [3.05, 3.63) is 65.5 Å². The van der Waals surface area contributed by atoms with Gasteiger partial charge < -0.3 is 14.2 Å². The average Bonchev–Trinajstić information content (AvgIpc) is 3.16. The van der Waals surface area contributed by atoms with E-state index in [1.807, 2.05) is 42.5 Å². The van der Waals surface area contributed by atoms with Crippen molar-refractivity contribution in [2.75, 3.05) is 20.2 Å². The summed E-state index contributed by atoms with van der Waals surface area (Å²) in [6.45, 7) is 0.946. The maximum atomic E-state index is 12.2. The first-order chi connectivity index (χ1) is 13.1. The SMILES string of the molecule is CN(CCOc1ccccc1)C(=O)CCc1nc(-c2ccc(Cl)cc2)no1. The van der Waals surface area contributed by atoms with Crippen LogP contribution in [0.5, 0.6) is 5.75 Å². The van der Waals surface area contributed by atoms with Gasteiger partial charge in [0.25, 0.3) is 0 Å². The lowest BCUT2D eigenvalue weighted by atomic mass is 10.2. The monoisotopic (exact) mass is 385 g/mol. The van der Waals surface area contributed by atoms with Crippen LogP contribution >= 0.6 is 11.6 Å². The van der Waals surface area contributed by atoms with Gasteiger partial charge in [-0.15, -0.1) is 0 Å². The highest BCUT2D eigenvalue weighted by atomic mass is 35.5. The van der Waals surface area contributed by atoms with Crippen molar-refractivity contribution < 1.29 is 14.1 Å². The van der Waals surface area contributed by atoms with Gasteiger partial charge in [-0.25, -0.2) is 0 Å². The summed E-state index contributed by atoms with van der Waals surface area (Å²) in [6, 6.07) is 16.7. The standard InChI is InChI=1S/C20H20ClN3O3/c1-24(13-14-26-17-5-3-2-4-6-17)19(25)12-11-18-22-20(23-27-18)15-7-9-16(21)10-8-15/h2-10H,11-14H2,1H3. The van der Waals surface area contributed by atoms with E-state index in [4.69, 9.17) is 20.9 Å². The molecule has 1 amide bonds. The largest absolute Gasteiger partial charge is 0.492 e. The highest BCUT2D eigenvalue weighted by Crippen LogP contribution is 2.19. The number of carbonyl (C=O) groups is 1. The summed E-state index contributed by atoms with van der Waals surface area (Å²) in [4.78, 5) is 18.2. The highest BCUT2D eigenvalue weighted by molar-refractivity contribution is 6.30. The number of likely N-dealkylation sites (N-methyl/N-ethyl adjacent to an activating group) is 1. The molecule has 0 unspecified atom stereocenters. The molecule has 6 nitrogen and oxygen atoms in total. The van der Waals surface area contributed by atoms with E-state index in [2.05, 4.69) is 10.1 Å². The van der Waals surface area contributed by atoms with E-state index < -0.39 is 0 Å². The smallest absolute Gasteiger partial charge is 0.227 e. The number of carbonyl (C=O) groups excluding carboxylic acids is 1. The number of aryl methyl sites for hydroxylation is 1. The summed E-state index contributed by atoms with van der Waals surface area (Å²) in [5.41, 5.74) is 0.816. The summed E-state index contributed by atoms with van der Waals surface area (Å²) >= 11 is 5.87. The first kappa shape index (κ1) is 18.9. The number of halogens is 1. The van der Waals surface area contributed by atoms with Crippen molar-refractivity contribution in [1.29, 1.82) is 0 Å². The zero-order chi connectivity index (χ0) is 19.1. The van der Waals surface area contributed by atoms with Crippen LogP contribution in [0.2, 0.25) is 5.02 Å². The van der Waals surface area contributed by atoms with Gasteiger partial charge in [0.2, 0.25) is 17.6 Å². The van der Waals surface area contributed by atoms with Crippen molar-refractivity contribution in [2.24, 2.45) is 0 Å². The molecule has 0 N–H and O–H groups in total. The van der Waals surface area contributed by atoms with Gasteiger partial charge in [-0.05, 0) is 36.4 Å². The topological polar surface area (TPSA) is 68.5 Å². The second kappa shape index (κ2) is 9.19. The molecular weight excluding hydrogens is 366 g/mol. The van der Waals surface area contributed by atoms with E-state index in [9.17, 15) is 4.79 Å². The van der Waals surface area contributed by atoms with Crippen LogP contribution in [-0.2, 0) is 11.2 Å². The number of hydrogen-bond acceptors (Lipinski definition) is 5. The van der Waals surface area contributed by atoms with Gasteiger partial charge >= 0.3 is 0 Å². The van der Waals surface area contributed by atoms with Gasteiger partial charge in [-0.2, -0.15) is 4.98 Å². The molecule has 3 aromatic rings. The Kier molecular flexibility index (Phi) is 6.44. The van der Waals surface area contributed by atoms with Gasteiger partial charge in [-0.1, -0.05) is 35.0 Å². The Labute approximate surface area is 162 Å². The Morgan fingerprint density at radius 2 is 1.89 bits per heavy atom. The minimum absolute atomic E-state index is 0.00194. The van der Waals surface area contributed by atoms with Gasteiger partial charge in [0, 0.05) is 30.5 Å². The average molecular weight is 386 g/mol. The maximum Gasteiger partial charge on any atom is 0.227 e. The zero-order valence-corrected chi connectivity index (χ0v) is 15.7. The molecule has 3 rings (SSSR count). The van der Waals surface area contributed by atoms with Crippen molar-refractivity contribution in [2.45, 2.75) is 12.8 Å². The number of rotatable bonds is 8. The molecule has 0 fully saturated rings. The molecule has 140 valence electrons. The third-order valence-corrected chi connectivity index (χ3v) is 4.24. The Balaban J connectivity index is 1.44. The lowest BCUT2D eigenvalue weighted by Crippen LogP contribution is -2.31. The molecule has 7 heteroatoms. The zero-order valence-electron chi connectivity index (χ0n) is 15.0. The Morgan fingerprint density at radius 3 is 2.63 bits per heavy atom. The summed E-state index contributed by atoms with van der Waals surface area (Å²) in [5, 5.41) is 4.59. The molecule has 0 aliphatic heterocycles. The molecule has 0 atom stereocenters. The van der Waals surface area contributed by atoms with E-state index in [-0.39, 0.29) is 5.91 Å². The molecule has 0 saturated heterocycles. The number of hydrogen-bond donors (Lipinski definition) is 0. The van der Waals surface area contributed by atoms with Crippen molar-refractivity contribution in [1.82, 2.24) is 15.0 Å². The Hall–Kier alpha value is -2.86. The summed E-state index contributed by atoms with van der Waals surface area (Å²) < 4.78 is 10.8. The number of nitrogens with zero attached hydrogens (tertiary/aromatic N) is 3. The summed E-state index contributed by atoms with van der Waals surface area (Å²) in [7, 11) is 1.75. The molecule has 0 saturated carbocycles. The molecule has 0 bridgehead atoms. The molecule has 1 heterocycles. The first-order valence-corrected chi connectivity index (χ1v) is 9.00. The third kappa shape index (κ3) is 5.56. The Bertz CT molecular complexity index is 866. The van der Waals surface area contributed by atoms with Crippen LogP contribution in [0, 0.1) is 0 Å². The van der Waals surface area contributed by atoms with E-state index >= 15 is 0 Å². The highest BCUT2D eigenvalue weighted by Gasteiger charge is 2.13. The first-order valence-electron chi connectivity index (χ1n) is 8.62. The van der Waals surface area contributed by atoms with E-state index in [0.717, 1.165) is 11.3 Å². The fraction of sp³-hybridized carbons (Fsp3) is 0.250. The molecular formula is C20H20ClN3O3. The molecule has 0 aliphatic rings. The quantitative estimate of drug-likeness (QED) is 0.589. The van der Waals surface area contributed by atoms with Gasteiger partial charge in [0.05, 0.1) is 6.54 Å². The molecule has 0 spiro atoms. The van der Waals surface area contributed by atoms with Crippen molar-refractivity contribution in [3.8, 4) is 17.1 Å². The van der Waals surface area contributed by atoms with Crippen LogP contribution in [0.1, 0.15) is 12.3 Å². The van der Waals surface area contributed by atoms with Gasteiger partial charge in [0.1, 0.15) is 12.4 Å². The molecule has 2 aromatic carbocycles. The fourth-order valence-corrected chi connectivity index (χ4v) is 2.55.